The Kier molecular flexibility index (Phi) is 3.44. The fourth-order valence-corrected chi connectivity index (χ4v) is 2.14. The van der Waals surface area contributed by atoms with Gasteiger partial charge in [-0.25, -0.2) is 0 Å². The van der Waals surface area contributed by atoms with E-state index in [2.05, 4.69) is 45.2 Å². The number of nitrogens with two attached hydrogens (primary N) is 1. The maximum atomic E-state index is 5.47. The van der Waals surface area contributed by atoms with Crippen molar-refractivity contribution in [3.05, 3.63) is 34.4 Å². The Morgan fingerprint density at radius 3 is 2.87 bits per heavy atom. The van der Waals surface area contributed by atoms with Crippen LogP contribution >= 0.6 is 15.9 Å². The summed E-state index contributed by atoms with van der Waals surface area (Å²) in [6.45, 7) is 0.784. The summed E-state index contributed by atoms with van der Waals surface area (Å²) in [5.41, 5.74) is 7.98. The molecular formula is C12H15BrN2. The van der Waals surface area contributed by atoms with Crippen molar-refractivity contribution in [3.63, 3.8) is 0 Å². The van der Waals surface area contributed by atoms with Gasteiger partial charge in [0.15, 0.2) is 0 Å². The molecule has 2 rings (SSSR count). The number of halogens is 1. The van der Waals surface area contributed by atoms with Gasteiger partial charge in [0.25, 0.3) is 0 Å². The van der Waals surface area contributed by atoms with Crippen LogP contribution in [0.15, 0.2) is 28.7 Å². The van der Waals surface area contributed by atoms with Crippen molar-refractivity contribution < 1.29 is 0 Å². The molecule has 0 aliphatic rings. The molecule has 0 aliphatic heterocycles. The lowest BCUT2D eigenvalue weighted by Crippen LogP contribution is -1.98. The number of fused-ring (bicyclic) bond motifs is 1. The van der Waals surface area contributed by atoms with E-state index in [4.69, 9.17) is 5.73 Å². The third-order valence-electron chi connectivity index (χ3n) is 2.54. The summed E-state index contributed by atoms with van der Waals surface area (Å²) < 4.78 is 1.13. The lowest BCUT2D eigenvalue weighted by Gasteiger charge is -1.95. The van der Waals surface area contributed by atoms with Crippen LogP contribution in [0.2, 0.25) is 0 Å². The van der Waals surface area contributed by atoms with E-state index in [9.17, 15) is 0 Å². The number of hydrogen-bond acceptors (Lipinski definition) is 1. The first-order valence-corrected chi connectivity index (χ1v) is 6.06. The second-order valence-electron chi connectivity index (χ2n) is 3.77. The maximum Gasteiger partial charge on any atom is 0.0456 e. The first-order chi connectivity index (χ1) is 7.29. The number of H-pyrrole nitrogens is 1. The van der Waals surface area contributed by atoms with Crippen LogP contribution in [0.1, 0.15) is 18.5 Å². The molecule has 3 N–H and O–H groups in total. The first kappa shape index (κ1) is 10.7. The molecule has 15 heavy (non-hydrogen) atoms. The van der Waals surface area contributed by atoms with Crippen LogP contribution in [0.3, 0.4) is 0 Å². The Labute approximate surface area is 98.0 Å². The molecule has 1 aromatic carbocycles. The number of rotatable bonds is 4. The minimum Gasteiger partial charge on any atom is -0.358 e. The van der Waals surface area contributed by atoms with Crippen molar-refractivity contribution in [3.8, 4) is 0 Å². The van der Waals surface area contributed by atoms with Crippen LogP contribution in [0.5, 0.6) is 0 Å². The average molecular weight is 267 g/mol. The highest BCUT2D eigenvalue weighted by Gasteiger charge is 2.00. The van der Waals surface area contributed by atoms with Crippen molar-refractivity contribution in [1.82, 2.24) is 4.98 Å². The quantitative estimate of drug-likeness (QED) is 0.820. The van der Waals surface area contributed by atoms with Gasteiger partial charge in [-0.2, -0.15) is 0 Å². The van der Waals surface area contributed by atoms with Gasteiger partial charge in [-0.1, -0.05) is 15.9 Å². The molecular weight excluding hydrogens is 252 g/mol. The van der Waals surface area contributed by atoms with E-state index in [0.29, 0.717) is 0 Å². The summed E-state index contributed by atoms with van der Waals surface area (Å²) in [4.78, 5) is 3.42. The third-order valence-corrected chi connectivity index (χ3v) is 3.03. The van der Waals surface area contributed by atoms with E-state index in [1.807, 2.05) is 0 Å². The molecule has 0 atom stereocenters. The van der Waals surface area contributed by atoms with Crippen LogP contribution in [0, 0.1) is 0 Å². The summed E-state index contributed by atoms with van der Waals surface area (Å²) in [7, 11) is 0. The van der Waals surface area contributed by atoms with Crippen LogP contribution in [-0.4, -0.2) is 11.5 Å². The number of aromatic amines is 1. The molecule has 0 aliphatic carbocycles. The van der Waals surface area contributed by atoms with Crippen molar-refractivity contribution in [2.45, 2.75) is 19.3 Å². The number of hydrogen-bond donors (Lipinski definition) is 2. The number of unbranched alkanes of at least 4 members (excludes halogenated alkanes) is 1. The van der Waals surface area contributed by atoms with Crippen LogP contribution in [0.4, 0.5) is 0 Å². The summed E-state index contributed by atoms with van der Waals surface area (Å²) in [5.74, 6) is 0. The molecule has 0 radical (unpaired) electrons. The minimum absolute atomic E-state index is 0.784. The van der Waals surface area contributed by atoms with Gasteiger partial charge >= 0.3 is 0 Å². The summed E-state index contributed by atoms with van der Waals surface area (Å²) in [6.07, 6.45) is 3.34. The second kappa shape index (κ2) is 4.81. The first-order valence-electron chi connectivity index (χ1n) is 5.27. The lowest BCUT2D eigenvalue weighted by atomic mass is 10.2. The minimum atomic E-state index is 0.784. The largest absolute Gasteiger partial charge is 0.358 e. The van der Waals surface area contributed by atoms with E-state index < -0.39 is 0 Å². The Hall–Kier alpha value is -0.800. The lowest BCUT2D eigenvalue weighted by molar-refractivity contribution is 0.736. The molecule has 0 amide bonds. The van der Waals surface area contributed by atoms with Gasteiger partial charge in [0, 0.05) is 21.1 Å². The number of aromatic nitrogens is 1. The van der Waals surface area contributed by atoms with Crippen LogP contribution in [-0.2, 0) is 6.42 Å². The van der Waals surface area contributed by atoms with Gasteiger partial charge in [-0.3, -0.25) is 0 Å². The molecule has 0 saturated heterocycles. The fourth-order valence-electron chi connectivity index (χ4n) is 1.76. The smallest absolute Gasteiger partial charge is 0.0456 e. The molecule has 0 unspecified atom stereocenters. The molecule has 3 heteroatoms. The van der Waals surface area contributed by atoms with Crippen molar-refractivity contribution in [1.29, 1.82) is 0 Å². The highest BCUT2D eigenvalue weighted by atomic mass is 79.9. The molecule has 80 valence electrons. The van der Waals surface area contributed by atoms with Gasteiger partial charge in [0.2, 0.25) is 0 Å². The van der Waals surface area contributed by atoms with E-state index in [0.717, 1.165) is 30.3 Å². The number of benzene rings is 1. The normalized spacial score (nSPS) is 11.1. The summed E-state index contributed by atoms with van der Waals surface area (Å²) in [6, 6.07) is 8.52. The predicted molar refractivity (Wildman–Crippen MR) is 68.0 cm³/mol. The van der Waals surface area contributed by atoms with Crippen molar-refractivity contribution in [2.24, 2.45) is 5.73 Å². The van der Waals surface area contributed by atoms with E-state index in [-0.39, 0.29) is 0 Å². The van der Waals surface area contributed by atoms with E-state index in [1.165, 1.54) is 16.6 Å². The zero-order valence-corrected chi connectivity index (χ0v) is 10.2. The topological polar surface area (TPSA) is 41.8 Å². The molecule has 2 aromatic rings. The molecule has 0 fully saturated rings. The van der Waals surface area contributed by atoms with E-state index in [1.54, 1.807) is 0 Å². The van der Waals surface area contributed by atoms with Gasteiger partial charge in [0.05, 0.1) is 0 Å². The highest BCUT2D eigenvalue weighted by molar-refractivity contribution is 9.10. The standard InChI is InChI=1S/C12H15BrN2/c13-10-4-5-12-9(7-10)8-11(15-12)3-1-2-6-14/h4-5,7-8,15H,1-3,6,14H2. The second-order valence-corrected chi connectivity index (χ2v) is 4.69. The van der Waals surface area contributed by atoms with Crippen molar-refractivity contribution >= 4 is 26.8 Å². The Morgan fingerprint density at radius 1 is 1.20 bits per heavy atom. The SMILES string of the molecule is NCCCCc1cc2cc(Br)ccc2[nH]1. The predicted octanol–water partition coefficient (Wildman–Crippen LogP) is 3.21. The zero-order chi connectivity index (χ0) is 10.7. The van der Waals surface area contributed by atoms with Gasteiger partial charge in [-0.05, 0) is 50.1 Å². The van der Waals surface area contributed by atoms with Crippen molar-refractivity contribution in [2.75, 3.05) is 6.54 Å². The molecule has 2 nitrogen and oxygen atoms in total. The molecule has 1 heterocycles. The fraction of sp³-hybridized carbons (Fsp3) is 0.333. The number of nitrogens with one attached hydrogen (secondary N) is 1. The summed E-state index contributed by atoms with van der Waals surface area (Å²) in [5, 5.41) is 1.27. The monoisotopic (exact) mass is 266 g/mol. The average Bonchev–Trinajstić information content (AvgIpc) is 2.60. The van der Waals surface area contributed by atoms with Gasteiger partial charge in [0.1, 0.15) is 0 Å². The number of aryl methyl sites for hydroxylation is 1. The van der Waals surface area contributed by atoms with E-state index >= 15 is 0 Å². The molecule has 1 aromatic heterocycles. The molecule has 0 bridgehead atoms. The Bertz CT molecular complexity index is 448. The molecule has 0 spiro atoms. The molecule has 0 saturated carbocycles. The highest BCUT2D eigenvalue weighted by Crippen LogP contribution is 2.21. The zero-order valence-electron chi connectivity index (χ0n) is 8.59. The van der Waals surface area contributed by atoms with Gasteiger partial charge in [-0.15, -0.1) is 0 Å². The van der Waals surface area contributed by atoms with Gasteiger partial charge < -0.3 is 10.7 Å². The maximum absolute atomic E-state index is 5.47. The Morgan fingerprint density at radius 2 is 2.07 bits per heavy atom. The summed E-state index contributed by atoms with van der Waals surface area (Å²) >= 11 is 3.48. The van der Waals surface area contributed by atoms with Crippen LogP contribution in [0.25, 0.3) is 10.9 Å². The Balaban J connectivity index is 2.16. The van der Waals surface area contributed by atoms with Crippen LogP contribution < -0.4 is 5.73 Å². The third kappa shape index (κ3) is 2.61.